The van der Waals surface area contributed by atoms with Crippen molar-refractivity contribution in [3.05, 3.63) is 21.9 Å². The molecule has 0 aromatic carbocycles. The molecule has 3 nitrogen and oxygen atoms in total. The Balaban J connectivity index is 1.68. The van der Waals surface area contributed by atoms with E-state index in [1.165, 1.54) is 10.4 Å². The average molecular weight is 279 g/mol. The Kier molecular flexibility index (Phi) is 3.39. The monoisotopic (exact) mass is 279 g/mol. The Morgan fingerprint density at radius 2 is 2.37 bits per heavy atom. The number of carbonyl (C=O) groups is 1. The van der Waals surface area contributed by atoms with Gasteiger partial charge < -0.3 is 10.0 Å². The van der Waals surface area contributed by atoms with Crippen molar-refractivity contribution in [2.75, 3.05) is 13.1 Å². The number of hydrogen-bond acceptors (Lipinski definition) is 3. The standard InChI is InChI=1S/C15H21NO2S/c1-2-7-15(18)9-16(10-15)14(17)12-4-3-5-13-11(12)6-8-19-13/h6,8,12,18H,2-5,7,9-10H2,1H3. The lowest BCUT2D eigenvalue weighted by Crippen LogP contribution is -2.64. The lowest BCUT2D eigenvalue weighted by atomic mass is 9.83. The highest BCUT2D eigenvalue weighted by Gasteiger charge is 2.45. The largest absolute Gasteiger partial charge is 0.386 e. The predicted octanol–water partition coefficient (Wildman–Crippen LogP) is 2.54. The maximum atomic E-state index is 12.6. The quantitative estimate of drug-likeness (QED) is 0.923. The summed E-state index contributed by atoms with van der Waals surface area (Å²) in [5, 5.41) is 12.3. The van der Waals surface area contributed by atoms with E-state index in [0.717, 1.165) is 32.1 Å². The summed E-state index contributed by atoms with van der Waals surface area (Å²) >= 11 is 1.77. The Hall–Kier alpha value is -0.870. The highest BCUT2D eigenvalue weighted by molar-refractivity contribution is 7.10. The fourth-order valence-electron chi connectivity index (χ4n) is 3.41. The molecule has 19 heavy (non-hydrogen) atoms. The molecule has 1 amide bonds. The van der Waals surface area contributed by atoms with Crippen molar-refractivity contribution in [1.82, 2.24) is 4.90 Å². The first-order chi connectivity index (χ1) is 9.13. The van der Waals surface area contributed by atoms with Crippen LogP contribution in [-0.2, 0) is 11.2 Å². The second kappa shape index (κ2) is 4.91. The number of aryl methyl sites for hydroxylation is 1. The van der Waals surface area contributed by atoms with Crippen molar-refractivity contribution in [1.29, 1.82) is 0 Å². The minimum atomic E-state index is -0.615. The fourth-order valence-corrected chi connectivity index (χ4v) is 4.39. The van der Waals surface area contributed by atoms with Gasteiger partial charge in [0.25, 0.3) is 0 Å². The molecule has 0 saturated carbocycles. The summed E-state index contributed by atoms with van der Waals surface area (Å²) in [5.41, 5.74) is 0.628. The number of likely N-dealkylation sites (tertiary alicyclic amines) is 1. The molecule has 1 atom stereocenters. The van der Waals surface area contributed by atoms with Gasteiger partial charge in [-0.05, 0) is 42.7 Å². The molecule has 0 bridgehead atoms. The van der Waals surface area contributed by atoms with Gasteiger partial charge in [0.05, 0.1) is 24.6 Å². The van der Waals surface area contributed by atoms with Crippen molar-refractivity contribution < 1.29 is 9.90 Å². The molecule has 1 N–H and O–H groups in total. The maximum Gasteiger partial charge on any atom is 0.230 e. The van der Waals surface area contributed by atoms with Crippen LogP contribution >= 0.6 is 11.3 Å². The lowest BCUT2D eigenvalue weighted by molar-refractivity contribution is -0.158. The van der Waals surface area contributed by atoms with E-state index in [9.17, 15) is 9.90 Å². The number of hydrogen-bond donors (Lipinski definition) is 1. The van der Waals surface area contributed by atoms with Crippen molar-refractivity contribution in [3.63, 3.8) is 0 Å². The van der Waals surface area contributed by atoms with Crippen LogP contribution in [0.4, 0.5) is 0 Å². The Bertz CT molecular complexity index is 476. The lowest BCUT2D eigenvalue weighted by Gasteiger charge is -2.48. The normalized spacial score (nSPS) is 24.7. The van der Waals surface area contributed by atoms with Crippen molar-refractivity contribution in [2.45, 2.75) is 50.5 Å². The fraction of sp³-hybridized carbons (Fsp3) is 0.667. The van der Waals surface area contributed by atoms with Gasteiger partial charge in [-0.1, -0.05) is 13.3 Å². The SMILES string of the molecule is CCCC1(O)CN(C(=O)C2CCCc3sccc32)C1. The zero-order valence-electron chi connectivity index (χ0n) is 11.4. The summed E-state index contributed by atoms with van der Waals surface area (Å²) in [7, 11) is 0. The Morgan fingerprint density at radius 3 is 3.11 bits per heavy atom. The number of thiophene rings is 1. The highest BCUT2D eigenvalue weighted by atomic mass is 32.1. The Morgan fingerprint density at radius 1 is 1.58 bits per heavy atom. The molecule has 2 aliphatic rings. The van der Waals surface area contributed by atoms with Crippen LogP contribution in [0, 0.1) is 0 Å². The van der Waals surface area contributed by atoms with Gasteiger partial charge in [-0.15, -0.1) is 11.3 Å². The third-order valence-corrected chi connectivity index (χ3v) is 5.34. The summed E-state index contributed by atoms with van der Waals surface area (Å²) in [6.07, 6.45) is 4.96. The van der Waals surface area contributed by atoms with E-state index in [1.807, 2.05) is 4.90 Å². The van der Waals surface area contributed by atoms with Gasteiger partial charge in [0.15, 0.2) is 0 Å². The Labute approximate surface area is 118 Å². The van der Waals surface area contributed by atoms with Gasteiger partial charge in [-0.2, -0.15) is 0 Å². The molecule has 1 saturated heterocycles. The molecule has 1 aliphatic carbocycles. The van der Waals surface area contributed by atoms with Crippen LogP contribution in [0.5, 0.6) is 0 Å². The first kappa shape index (κ1) is 13.1. The first-order valence-corrected chi connectivity index (χ1v) is 8.08. The van der Waals surface area contributed by atoms with Gasteiger partial charge in [-0.25, -0.2) is 0 Å². The van der Waals surface area contributed by atoms with Crippen LogP contribution in [0.25, 0.3) is 0 Å². The number of fused-ring (bicyclic) bond motifs is 1. The van der Waals surface area contributed by atoms with E-state index in [4.69, 9.17) is 0 Å². The third kappa shape index (κ3) is 2.32. The van der Waals surface area contributed by atoms with Crippen LogP contribution in [0.2, 0.25) is 0 Å². The minimum Gasteiger partial charge on any atom is -0.386 e. The van der Waals surface area contributed by atoms with E-state index in [0.29, 0.717) is 13.1 Å². The molecule has 1 fully saturated rings. The van der Waals surface area contributed by atoms with Crippen LogP contribution in [0.1, 0.15) is 49.0 Å². The number of amides is 1. The van der Waals surface area contributed by atoms with Crippen molar-refractivity contribution >= 4 is 17.2 Å². The second-order valence-corrected chi connectivity index (χ2v) is 6.91. The third-order valence-electron chi connectivity index (χ3n) is 4.35. The van der Waals surface area contributed by atoms with Crippen LogP contribution < -0.4 is 0 Å². The molecule has 3 rings (SSSR count). The average Bonchev–Trinajstić information content (AvgIpc) is 2.83. The number of carbonyl (C=O) groups excluding carboxylic acids is 1. The zero-order chi connectivity index (χ0) is 13.5. The van der Waals surface area contributed by atoms with E-state index < -0.39 is 5.60 Å². The molecule has 2 heterocycles. The molecule has 0 spiro atoms. The van der Waals surface area contributed by atoms with Crippen molar-refractivity contribution in [3.8, 4) is 0 Å². The van der Waals surface area contributed by atoms with E-state index in [1.54, 1.807) is 11.3 Å². The van der Waals surface area contributed by atoms with Gasteiger partial charge in [0.2, 0.25) is 5.91 Å². The minimum absolute atomic E-state index is 0.0428. The van der Waals surface area contributed by atoms with Crippen LogP contribution in [-0.4, -0.2) is 34.6 Å². The summed E-state index contributed by atoms with van der Waals surface area (Å²) < 4.78 is 0. The molecule has 104 valence electrons. The summed E-state index contributed by atoms with van der Waals surface area (Å²) in [4.78, 5) is 15.8. The molecule has 1 aliphatic heterocycles. The van der Waals surface area contributed by atoms with Gasteiger partial charge in [0.1, 0.15) is 0 Å². The summed E-state index contributed by atoms with van der Waals surface area (Å²) in [6.45, 7) is 3.12. The highest BCUT2D eigenvalue weighted by Crippen LogP contribution is 2.38. The van der Waals surface area contributed by atoms with Gasteiger partial charge >= 0.3 is 0 Å². The van der Waals surface area contributed by atoms with Crippen molar-refractivity contribution in [2.24, 2.45) is 0 Å². The number of aliphatic hydroxyl groups is 1. The molecule has 1 aromatic rings. The number of rotatable bonds is 3. The van der Waals surface area contributed by atoms with Gasteiger partial charge in [-0.3, -0.25) is 4.79 Å². The van der Waals surface area contributed by atoms with E-state index >= 15 is 0 Å². The molecule has 4 heteroatoms. The molecular weight excluding hydrogens is 258 g/mol. The summed E-state index contributed by atoms with van der Waals surface area (Å²) in [6, 6.07) is 2.11. The molecule has 1 unspecified atom stereocenters. The molecule has 0 radical (unpaired) electrons. The van der Waals surface area contributed by atoms with E-state index in [-0.39, 0.29) is 11.8 Å². The number of β-amino-alcohol motifs (C(OH)–C–C–N with tert-alkyl or cyclic N) is 1. The predicted molar refractivity (Wildman–Crippen MR) is 76.4 cm³/mol. The summed E-state index contributed by atoms with van der Waals surface area (Å²) in [5.74, 6) is 0.265. The number of nitrogens with zero attached hydrogens (tertiary/aromatic N) is 1. The molecule has 1 aromatic heterocycles. The van der Waals surface area contributed by atoms with E-state index in [2.05, 4.69) is 18.4 Å². The molecular formula is C15H21NO2S. The first-order valence-electron chi connectivity index (χ1n) is 7.20. The zero-order valence-corrected chi connectivity index (χ0v) is 12.2. The smallest absolute Gasteiger partial charge is 0.230 e. The topological polar surface area (TPSA) is 40.5 Å². The second-order valence-electron chi connectivity index (χ2n) is 5.91. The van der Waals surface area contributed by atoms with Crippen LogP contribution in [0.15, 0.2) is 11.4 Å². The van der Waals surface area contributed by atoms with Crippen LogP contribution in [0.3, 0.4) is 0 Å². The van der Waals surface area contributed by atoms with Gasteiger partial charge in [0, 0.05) is 4.88 Å². The maximum absolute atomic E-state index is 12.6.